The van der Waals surface area contributed by atoms with Gasteiger partial charge in [-0.05, 0) is 24.3 Å². The Morgan fingerprint density at radius 3 is 2.43 bits per heavy atom. The minimum absolute atomic E-state index is 0.0735. The molecule has 148 valence electrons. The van der Waals surface area contributed by atoms with Crippen LogP contribution in [0.5, 0.6) is 0 Å². The number of rotatable bonds is 8. The number of quaternary nitrogens is 1. The maximum Gasteiger partial charge on any atom is 0.230 e. The Hall–Kier alpha value is -2.29. The van der Waals surface area contributed by atoms with Crippen LogP contribution in [0.1, 0.15) is 6.42 Å². The van der Waals surface area contributed by atoms with Crippen molar-refractivity contribution in [3.63, 3.8) is 0 Å². The van der Waals surface area contributed by atoms with Crippen LogP contribution >= 0.6 is 11.3 Å². The number of para-hydroxylation sites is 1. The zero-order valence-corrected chi connectivity index (χ0v) is 17.6. The molecule has 3 aromatic rings. The molecule has 1 aromatic heterocycles. The lowest BCUT2D eigenvalue weighted by molar-refractivity contribution is -0.856. The third-order valence-electron chi connectivity index (χ3n) is 4.34. The van der Waals surface area contributed by atoms with E-state index in [1.807, 2.05) is 38.4 Å². The number of nitrogens with one attached hydrogen (secondary N) is 1. The van der Waals surface area contributed by atoms with E-state index in [1.54, 1.807) is 35.2 Å². The van der Waals surface area contributed by atoms with E-state index in [2.05, 4.69) is 4.98 Å². The van der Waals surface area contributed by atoms with Crippen molar-refractivity contribution in [1.82, 2.24) is 4.98 Å². The summed E-state index contributed by atoms with van der Waals surface area (Å²) < 4.78 is 26.0. The molecule has 0 atom stereocenters. The average Bonchev–Trinajstić information content (AvgIpc) is 3.11. The molecule has 0 saturated carbocycles. The number of amides is 1. The topological polar surface area (TPSA) is 71.8 Å². The maximum atomic E-state index is 12.9. The van der Waals surface area contributed by atoms with Crippen molar-refractivity contribution in [3.05, 3.63) is 54.6 Å². The first kappa shape index (κ1) is 20.4. The van der Waals surface area contributed by atoms with E-state index in [9.17, 15) is 13.2 Å². The minimum Gasteiger partial charge on any atom is -0.338 e. The number of likely N-dealkylation sites (N-methyl/N-ethyl adjacent to an activating group) is 1. The average molecular weight is 419 g/mol. The molecular weight excluding hydrogens is 394 g/mol. The van der Waals surface area contributed by atoms with Gasteiger partial charge in [0.15, 0.2) is 15.0 Å². The number of sulfone groups is 1. The number of carbonyl (C=O) groups is 1. The summed E-state index contributed by atoms with van der Waals surface area (Å²) in [4.78, 5) is 20.6. The van der Waals surface area contributed by atoms with Crippen LogP contribution in [0.3, 0.4) is 0 Å². The summed E-state index contributed by atoms with van der Waals surface area (Å²) in [6, 6.07) is 16.0. The zero-order valence-electron chi connectivity index (χ0n) is 16.0. The van der Waals surface area contributed by atoms with Crippen LogP contribution < -0.4 is 9.80 Å². The molecule has 0 aliphatic carbocycles. The molecule has 8 heteroatoms. The number of nitrogens with zero attached hydrogens (tertiary/aromatic N) is 2. The van der Waals surface area contributed by atoms with Gasteiger partial charge in [-0.3, -0.25) is 9.69 Å². The lowest BCUT2D eigenvalue weighted by Crippen LogP contribution is -3.06. The van der Waals surface area contributed by atoms with E-state index in [0.717, 1.165) is 16.8 Å². The van der Waals surface area contributed by atoms with Gasteiger partial charge in [-0.25, -0.2) is 13.4 Å². The fraction of sp³-hybridized carbons (Fsp3) is 0.300. The quantitative estimate of drug-likeness (QED) is 0.604. The molecule has 2 aromatic carbocycles. The van der Waals surface area contributed by atoms with Crippen LogP contribution in [-0.4, -0.2) is 52.2 Å². The highest BCUT2D eigenvalue weighted by Crippen LogP contribution is 2.29. The van der Waals surface area contributed by atoms with Crippen LogP contribution in [-0.2, 0) is 14.6 Å². The van der Waals surface area contributed by atoms with E-state index in [-0.39, 0.29) is 23.0 Å². The van der Waals surface area contributed by atoms with Gasteiger partial charge in [0.05, 0.1) is 48.0 Å². The molecule has 6 nitrogen and oxygen atoms in total. The van der Waals surface area contributed by atoms with E-state index in [0.29, 0.717) is 11.7 Å². The van der Waals surface area contributed by atoms with E-state index >= 15 is 0 Å². The van der Waals surface area contributed by atoms with Crippen molar-refractivity contribution >= 4 is 42.4 Å². The van der Waals surface area contributed by atoms with Gasteiger partial charge in [0.1, 0.15) is 0 Å². The van der Waals surface area contributed by atoms with Crippen molar-refractivity contribution in [3.8, 4) is 0 Å². The molecule has 0 fully saturated rings. The Morgan fingerprint density at radius 1 is 1.07 bits per heavy atom. The zero-order chi connectivity index (χ0) is 20.1. The molecule has 1 heterocycles. The number of carbonyl (C=O) groups excluding carboxylic acids is 1. The summed E-state index contributed by atoms with van der Waals surface area (Å²) in [6.45, 7) is 1.24. The van der Waals surface area contributed by atoms with Crippen molar-refractivity contribution in [2.45, 2.75) is 11.3 Å². The van der Waals surface area contributed by atoms with Gasteiger partial charge < -0.3 is 4.90 Å². The van der Waals surface area contributed by atoms with Gasteiger partial charge in [0.2, 0.25) is 5.91 Å². The van der Waals surface area contributed by atoms with E-state index < -0.39 is 9.84 Å². The number of hydrogen-bond acceptors (Lipinski definition) is 5. The monoisotopic (exact) mass is 418 g/mol. The summed E-state index contributed by atoms with van der Waals surface area (Å²) >= 11 is 1.45. The number of benzene rings is 2. The molecule has 28 heavy (non-hydrogen) atoms. The summed E-state index contributed by atoms with van der Waals surface area (Å²) in [5, 5.41) is 0.615. The van der Waals surface area contributed by atoms with E-state index in [4.69, 9.17) is 0 Å². The van der Waals surface area contributed by atoms with Crippen LogP contribution in [0.25, 0.3) is 10.2 Å². The molecule has 0 aliphatic heterocycles. The van der Waals surface area contributed by atoms with E-state index in [1.165, 1.54) is 16.2 Å². The minimum atomic E-state index is -3.50. The second kappa shape index (κ2) is 8.81. The normalized spacial score (nSPS) is 11.8. The molecule has 3 rings (SSSR count). The van der Waals surface area contributed by atoms with Crippen LogP contribution in [0.4, 0.5) is 5.13 Å². The van der Waals surface area contributed by atoms with Crippen LogP contribution in [0.15, 0.2) is 59.5 Å². The highest BCUT2D eigenvalue weighted by Gasteiger charge is 2.23. The van der Waals surface area contributed by atoms with Crippen molar-refractivity contribution in [2.75, 3.05) is 37.8 Å². The molecule has 0 saturated heterocycles. The lowest BCUT2D eigenvalue weighted by Gasteiger charge is -2.20. The SMILES string of the molecule is C[NH+](C)CCN(C(=O)CCS(=O)(=O)c1ccccc1)c1nc2ccccc2s1. The van der Waals surface area contributed by atoms with Gasteiger partial charge in [-0.1, -0.05) is 41.7 Å². The number of aromatic nitrogens is 1. The molecule has 0 unspecified atom stereocenters. The largest absolute Gasteiger partial charge is 0.338 e. The number of anilines is 1. The fourth-order valence-electron chi connectivity index (χ4n) is 2.74. The van der Waals surface area contributed by atoms with Gasteiger partial charge in [0, 0.05) is 6.42 Å². The number of thiazole rings is 1. The first-order valence-corrected chi connectivity index (χ1v) is 11.6. The van der Waals surface area contributed by atoms with Crippen LogP contribution in [0.2, 0.25) is 0 Å². The van der Waals surface area contributed by atoms with Gasteiger partial charge in [-0.15, -0.1) is 0 Å². The molecule has 1 N–H and O–H groups in total. The fourth-order valence-corrected chi connectivity index (χ4v) is 5.00. The van der Waals surface area contributed by atoms with Crippen molar-refractivity contribution < 1.29 is 18.1 Å². The third-order valence-corrected chi connectivity index (χ3v) is 7.13. The Bertz CT molecular complexity index is 1010. The molecule has 0 radical (unpaired) electrons. The summed E-state index contributed by atoms with van der Waals surface area (Å²) in [5.41, 5.74) is 0.842. The Balaban J connectivity index is 1.78. The summed E-state index contributed by atoms with van der Waals surface area (Å²) in [6.07, 6.45) is -0.0735. The maximum absolute atomic E-state index is 12.9. The predicted octanol–water partition coefficient (Wildman–Crippen LogP) is 1.64. The number of fused-ring (bicyclic) bond motifs is 1. The molecule has 0 bridgehead atoms. The predicted molar refractivity (Wildman–Crippen MR) is 113 cm³/mol. The summed E-state index contributed by atoms with van der Waals surface area (Å²) in [7, 11) is 0.533. The smallest absolute Gasteiger partial charge is 0.230 e. The first-order valence-electron chi connectivity index (χ1n) is 9.09. The van der Waals surface area contributed by atoms with Gasteiger partial charge in [0.25, 0.3) is 0 Å². The second-order valence-corrected chi connectivity index (χ2v) is 9.97. The van der Waals surface area contributed by atoms with Gasteiger partial charge >= 0.3 is 0 Å². The van der Waals surface area contributed by atoms with Crippen molar-refractivity contribution in [1.29, 1.82) is 0 Å². The van der Waals surface area contributed by atoms with Gasteiger partial charge in [-0.2, -0.15) is 0 Å². The van der Waals surface area contributed by atoms with Crippen LogP contribution in [0, 0.1) is 0 Å². The Labute approximate surface area is 169 Å². The lowest BCUT2D eigenvalue weighted by atomic mass is 10.3. The first-order chi connectivity index (χ1) is 13.4. The third kappa shape index (κ3) is 4.95. The number of hydrogen-bond donors (Lipinski definition) is 1. The molecule has 0 spiro atoms. The Morgan fingerprint density at radius 2 is 1.75 bits per heavy atom. The highest BCUT2D eigenvalue weighted by atomic mass is 32.2. The molecule has 0 aliphatic rings. The molecular formula is C20H24N3O3S2+. The second-order valence-electron chi connectivity index (χ2n) is 6.85. The standard InChI is InChI=1S/C20H23N3O3S2/c1-22(2)13-14-23(20-21-17-10-6-7-11-18(17)27-20)19(24)12-15-28(25,26)16-8-4-3-5-9-16/h3-11H,12-15H2,1-2H3/p+1. The van der Waals surface area contributed by atoms with Crippen molar-refractivity contribution in [2.24, 2.45) is 0 Å². The Kier molecular flexibility index (Phi) is 6.43. The molecule has 1 amide bonds. The summed E-state index contributed by atoms with van der Waals surface area (Å²) in [5.74, 6) is -0.439. The highest BCUT2D eigenvalue weighted by molar-refractivity contribution is 7.91.